The van der Waals surface area contributed by atoms with E-state index in [1.165, 1.54) is 12.1 Å². The second-order valence-corrected chi connectivity index (χ2v) is 8.09. The van der Waals surface area contributed by atoms with Gasteiger partial charge in [0.25, 0.3) is 0 Å². The second kappa shape index (κ2) is 8.99. The van der Waals surface area contributed by atoms with Gasteiger partial charge in [-0.2, -0.15) is 8.42 Å². The Bertz CT molecular complexity index is 864. The van der Waals surface area contributed by atoms with Crippen LogP contribution in [0.4, 0.5) is 4.39 Å². The number of nitrogens with zero attached hydrogens (tertiary/aromatic N) is 1. The second-order valence-electron chi connectivity index (χ2n) is 6.51. The number of amides is 1. The molecule has 0 radical (unpaired) electrons. The molecule has 0 fully saturated rings. The fourth-order valence-electron chi connectivity index (χ4n) is 2.61. The molecule has 2 aromatic carbocycles. The third kappa shape index (κ3) is 6.67. The van der Waals surface area contributed by atoms with E-state index in [9.17, 15) is 17.6 Å². The van der Waals surface area contributed by atoms with E-state index in [4.69, 9.17) is 4.18 Å². The minimum atomic E-state index is -3.57. The van der Waals surface area contributed by atoms with Crippen molar-refractivity contribution in [3.8, 4) is 5.75 Å². The van der Waals surface area contributed by atoms with Crippen LogP contribution in [0.3, 0.4) is 0 Å². The van der Waals surface area contributed by atoms with Gasteiger partial charge in [-0.1, -0.05) is 31.2 Å². The molecule has 0 N–H and O–H groups in total. The molecule has 0 aliphatic carbocycles. The molecule has 5 nitrogen and oxygen atoms in total. The first-order valence-electron chi connectivity index (χ1n) is 8.70. The number of halogens is 1. The molecule has 0 aliphatic heterocycles. The van der Waals surface area contributed by atoms with Crippen LogP contribution in [-0.2, 0) is 27.9 Å². The number of benzene rings is 2. The molecule has 1 amide bonds. The Morgan fingerprint density at radius 3 is 2.15 bits per heavy atom. The lowest BCUT2D eigenvalue weighted by atomic mass is 10.1. The summed E-state index contributed by atoms with van der Waals surface area (Å²) in [6.45, 7) is 4.38. The van der Waals surface area contributed by atoms with E-state index in [0.29, 0.717) is 6.54 Å². The van der Waals surface area contributed by atoms with Gasteiger partial charge in [-0.3, -0.25) is 4.79 Å². The fraction of sp³-hybridized carbons (Fsp3) is 0.350. The van der Waals surface area contributed by atoms with E-state index >= 15 is 0 Å². The quantitative estimate of drug-likeness (QED) is 0.644. The Labute approximate surface area is 159 Å². The van der Waals surface area contributed by atoms with E-state index in [1.807, 2.05) is 13.8 Å². The van der Waals surface area contributed by atoms with Crippen LogP contribution in [0.15, 0.2) is 48.5 Å². The van der Waals surface area contributed by atoms with Gasteiger partial charge in [-0.05, 0) is 48.7 Å². The van der Waals surface area contributed by atoms with Crippen molar-refractivity contribution in [2.45, 2.75) is 39.3 Å². The van der Waals surface area contributed by atoms with Crippen molar-refractivity contribution < 1.29 is 21.8 Å². The molecule has 0 aromatic heterocycles. The number of rotatable bonds is 8. The molecule has 1 atom stereocenters. The zero-order valence-corrected chi connectivity index (χ0v) is 16.5. The normalized spacial score (nSPS) is 12.4. The van der Waals surface area contributed by atoms with Crippen molar-refractivity contribution in [2.75, 3.05) is 6.26 Å². The zero-order chi connectivity index (χ0) is 20.0. The number of carbonyl (C=O) groups is 1. The Balaban J connectivity index is 2.11. The Hall–Kier alpha value is -2.41. The highest BCUT2D eigenvalue weighted by molar-refractivity contribution is 7.86. The maximum atomic E-state index is 13.0. The highest BCUT2D eigenvalue weighted by Gasteiger charge is 2.19. The standard InChI is InChI=1S/C20H24FNO4S/c1-4-15(2)22(20(23)13-16-5-9-18(21)10-6-16)14-17-7-11-19(12-8-17)26-27(3,24)25/h5-12,15H,4,13-14H2,1-3H3/t15-/m1/s1. The molecule has 0 aliphatic rings. The molecular weight excluding hydrogens is 369 g/mol. The lowest BCUT2D eigenvalue weighted by Crippen LogP contribution is -2.38. The molecule has 7 heteroatoms. The third-order valence-electron chi connectivity index (χ3n) is 4.24. The monoisotopic (exact) mass is 393 g/mol. The third-order valence-corrected chi connectivity index (χ3v) is 4.73. The van der Waals surface area contributed by atoms with Crippen LogP contribution in [0.1, 0.15) is 31.4 Å². The van der Waals surface area contributed by atoms with Crippen molar-refractivity contribution in [1.82, 2.24) is 4.90 Å². The molecule has 0 spiro atoms. The molecule has 2 rings (SSSR count). The predicted octanol–water partition coefficient (Wildman–Crippen LogP) is 3.53. The first kappa shape index (κ1) is 20.9. The average Bonchev–Trinajstić information content (AvgIpc) is 2.61. The summed E-state index contributed by atoms with van der Waals surface area (Å²) in [7, 11) is -3.57. The van der Waals surface area contributed by atoms with Crippen molar-refractivity contribution in [3.05, 3.63) is 65.5 Å². The van der Waals surface area contributed by atoms with Gasteiger partial charge in [0.2, 0.25) is 5.91 Å². The summed E-state index contributed by atoms with van der Waals surface area (Å²) in [5, 5.41) is 0. The van der Waals surface area contributed by atoms with Crippen LogP contribution in [0, 0.1) is 5.82 Å². The van der Waals surface area contributed by atoms with E-state index in [1.54, 1.807) is 41.3 Å². The number of carbonyl (C=O) groups excluding carboxylic acids is 1. The zero-order valence-electron chi connectivity index (χ0n) is 15.7. The Morgan fingerprint density at radius 1 is 1.07 bits per heavy atom. The van der Waals surface area contributed by atoms with E-state index < -0.39 is 10.1 Å². The molecular formula is C20H24FNO4S. The maximum Gasteiger partial charge on any atom is 0.306 e. The lowest BCUT2D eigenvalue weighted by molar-refractivity contribution is -0.133. The molecule has 0 bridgehead atoms. The van der Waals surface area contributed by atoms with Crippen molar-refractivity contribution >= 4 is 16.0 Å². The molecule has 0 saturated carbocycles. The molecule has 2 aromatic rings. The van der Waals surface area contributed by atoms with Gasteiger partial charge in [0, 0.05) is 12.6 Å². The SMILES string of the molecule is CC[C@@H](C)N(Cc1ccc(OS(C)(=O)=O)cc1)C(=O)Cc1ccc(F)cc1. The van der Waals surface area contributed by atoms with E-state index in [2.05, 4.69) is 0 Å². The summed E-state index contributed by atoms with van der Waals surface area (Å²) in [6, 6.07) is 12.5. The maximum absolute atomic E-state index is 13.0. The molecule has 0 heterocycles. The summed E-state index contributed by atoms with van der Waals surface area (Å²) >= 11 is 0. The smallest absolute Gasteiger partial charge is 0.306 e. The van der Waals surface area contributed by atoms with Crippen molar-refractivity contribution in [2.24, 2.45) is 0 Å². The van der Waals surface area contributed by atoms with Gasteiger partial charge in [0.15, 0.2) is 0 Å². The van der Waals surface area contributed by atoms with E-state index in [0.717, 1.165) is 23.8 Å². The summed E-state index contributed by atoms with van der Waals surface area (Å²) < 4.78 is 40.2. The summed E-state index contributed by atoms with van der Waals surface area (Å²) in [4.78, 5) is 14.6. The first-order valence-corrected chi connectivity index (χ1v) is 10.5. The van der Waals surface area contributed by atoms with Crippen LogP contribution in [-0.4, -0.2) is 31.5 Å². The minimum absolute atomic E-state index is 0.0323. The van der Waals surface area contributed by atoms with Crippen molar-refractivity contribution in [1.29, 1.82) is 0 Å². The van der Waals surface area contributed by atoms with Gasteiger partial charge >= 0.3 is 10.1 Å². The molecule has 0 unspecified atom stereocenters. The largest absolute Gasteiger partial charge is 0.383 e. The summed E-state index contributed by atoms with van der Waals surface area (Å²) in [5.74, 6) is -0.150. The topological polar surface area (TPSA) is 63.7 Å². The van der Waals surface area contributed by atoms with Gasteiger partial charge in [-0.15, -0.1) is 0 Å². The fourth-order valence-corrected chi connectivity index (χ4v) is 3.07. The number of hydrogen-bond acceptors (Lipinski definition) is 4. The minimum Gasteiger partial charge on any atom is -0.383 e. The van der Waals surface area contributed by atoms with Gasteiger partial charge in [0.05, 0.1) is 12.7 Å². The average molecular weight is 393 g/mol. The van der Waals surface area contributed by atoms with E-state index in [-0.39, 0.29) is 29.9 Å². The Kier molecular flexibility index (Phi) is 6.96. The van der Waals surface area contributed by atoms with Crippen LogP contribution < -0.4 is 4.18 Å². The molecule has 27 heavy (non-hydrogen) atoms. The Morgan fingerprint density at radius 2 is 1.63 bits per heavy atom. The molecule has 146 valence electrons. The number of hydrogen-bond donors (Lipinski definition) is 0. The summed E-state index contributed by atoms with van der Waals surface area (Å²) in [5.41, 5.74) is 1.62. The van der Waals surface area contributed by atoms with Crippen LogP contribution in [0.25, 0.3) is 0 Å². The van der Waals surface area contributed by atoms with Gasteiger partial charge in [-0.25, -0.2) is 4.39 Å². The highest BCUT2D eigenvalue weighted by Crippen LogP contribution is 2.18. The predicted molar refractivity (Wildman–Crippen MR) is 102 cm³/mol. The van der Waals surface area contributed by atoms with Gasteiger partial charge in [0.1, 0.15) is 11.6 Å². The lowest BCUT2D eigenvalue weighted by Gasteiger charge is -2.29. The van der Waals surface area contributed by atoms with Gasteiger partial charge < -0.3 is 9.08 Å². The van der Waals surface area contributed by atoms with Crippen LogP contribution in [0.5, 0.6) is 5.75 Å². The van der Waals surface area contributed by atoms with Crippen LogP contribution in [0.2, 0.25) is 0 Å². The molecule has 0 saturated heterocycles. The highest BCUT2D eigenvalue weighted by atomic mass is 32.2. The van der Waals surface area contributed by atoms with Crippen LogP contribution >= 0.6 is 0 Å². The van der Waals surface area contributed by atoms with Crippen molar-refractivity contribution in [3.63, 3.8) is 0 Å². The first-order chi connectivity index (χ1) is 12.7. The summed E-state index contributed by atoms with van der Waals surface area (Å²) in [6.07, 6.45) is 1.98.